The Balaban J connectivity index is 2.20. The summed E-state index contributed by atoms with van der Waals surface area (Å²) in [4.78, 5) is 11.9. The Kier molecular flexibility index (Phi) is 2.68. The van der Waals surface area contributed by atoms with Crippen LogP contribution >= 0.6 is 23.8 Å². The lowest BCUT2D eigenvalue weighted by atomic mass is 10.2. The number of H-pyrrole nitrogens is 1. The molecule has 0 radical (unpaired) electrons. The first-order valence-corrected chi connectivity index (χ1v) is 6.27. The van der Waals surface area contributed by atoms with Crippen molar-refractivity contribution in [1.29, 1.82) is 0 Å². The average molecular weight is 264 g/mol. The summed E-state index contributed by atoms with van der Waals surface area (Å²) in [6, 6.07) is 3.60. The first kappa shape index (κ1) is 10.9. The maximum atomic E-state index is 6.11. The maximum Gasteiger partial charge on any atom is 0.159 e. The summed E-state index contributed by atoms with van der Waals surface area (Å²) < 4.78 is 0.674. The highest BCUT2D eigenvalue weighted by Crippen LogP contribution is 2.26. The second kappa shape index (κ2) is 4.20. The minimum atomic E-state index is 0.587. The molecule has 1 N–H and O–H groups in total. The Bertz CT molecular complexity index is 636. The number of aromatic nitrogens is 3. The van der Waals surface area contributed by atoms with Crippen molar-refractivity contribution in [3.05, 3.63) is 39.3 Å². The molecular formula is C12H10ClN3S. The van der Waals surface area contributed by atoms with Crippen LogP contribution in [-0.4, -0.2) is 15.0 Å². The third-order valence-electron chi connectivity index (χ3n) is 2.94. The van der Waals surface area contributed by atoms with Gasteiger partial charge < -0.3 is 4.98 Å². The van der Waals surface area contributed by atoms with Crippen LogP contribution < -0.4 is 0 Å². The zero-order valence-corrected chi connectivity index (χ0v) is 10.6. The van der Waals surface area contributed by atoms with Gasteiger partial charge in [0.2, 0.25) is 0 Å². The van der Waals surface area contributed by atoms with E-state index in [4.69, 9.17) is 23.8 Å². The van der Waals surface area contributed by atoms with Crippen LogP contribution in [-0.2, 0) is 12.8 Å². The van der Waals surface area contributed by atoms with Crippen LogP contribution in [0.2, 0.25) is 5.02 Å². The van der Waals surface area contributed by atoms with Crippen LogP contribution in [0.3, 0.4) is 0 Å². The number of pyridine rings is 1. The smallest absolute Gasteiger partial charge is 0.159 e. The number of hydrogen-bond acceptors (Lipinski definition) is 3. The van der Waals surface area contributed by atoms with E-state index in [2.05, 4.69) is 15.0 Å². The molecule has 2 heterocycles. The third kappa shape index (κ3) is 1.87. The van der Waals surface area contributed by atoms with Gasteiger partial charge in [-0.15, -0.1) is 0 Å². The molecule has 5 heteroatoms. The summed E-state index contributed by atoms with van der Waals surface area (Å²) in [5, 5.41) is 0.587. The lowest BCUT2D eigenvalue weighted by molar-refractivity contribution is 0.899. The fourth-order valence-electron chi connectivity index (χ4n) is 2.13. The Labute approximate surface area is 109 Å². The van der Waals surface area contributed by atoms with Gasteiger partial charge in [0.25, 0.3) is 0 Å². The first-order chi connectivity index (χ1) is 8.25. The fraction of sp³-hybridized carbons (Fsp3) is 0.250. The van der Waals surface area contributed by atoms with E-state index >= 15 is 0 Å². The molecule has 17 heavy (non-hydrogen) atoms. The van der Waals surface area contributed by atoms with Crippen molar-refractivity contribution in [2.45, 2.75) is 19.3 Å². The topological polar surface area (TPSA) is 41.6 Å². The number of fused-ring (bicyclic) bond motifs is 1. The van der Waals surface area contributed by atoms with Gasteiger partial charge in [-0.2, -0.15) is 0 Å². The third-order valence-corrected chi connectivity index (χ3v) is 3.58. The van der Waals surface area contributed by atoms with Crippen LogP contribution in [0.5, 0.6) is 0 Å². The Morgan fingerprint density at radius 3 is 3.06 bits per heavy atom. The summed E-state index contributed by atoms with van der Waals surface area (Å²) >= 11 is 11.4. The van der Waals surface area contributed by atoms with Gasteiger partial charge in [0, 0.05) is 17.5 Å². The molecule has 0 atom stereocenters. The van der Waals surface area contributed by atoms with Crippen molar-refractivity contribution in [1.82, 2.24) is 15.0 Å². The van der Waals surface area contributed by atoms with E-state index in [-0.39, 0.29) is 0 Å². The van der Waals surface area contributed by atoms with E-state index in [1.165, 1.54) is 11.3 Å². The minimum absolute atomic E-state index is 0.587. The van der Waals surface area contributed by atoms with Crippen molar-refractivity contribution in [3.8, 4) is 11.5 Å². The van der Waals surface area contributed by atoms with Crippen LogP contribution in [0.1, 0.15) is 17.7 Å². The van der Waals surface area contributed by atoms with Crippen LogP contribution in [0.15, 0.2) is 18.3 Å². The van der Waals surface area contributed by atoms with Gasteiger partial charge in [-0.3, -0.25) is 4.98 Å². The number of aromatic amines is 1. The molecule has 0 aliphatic heterocycles. The quantitative estimate of drug-likeness (QED) is 0.803. The highest BCUT2D eigenvalue weighted by atomic mass is 35.5. The van der Waals surface area contributed by atoms with Gasteiger partial charge in [-0.1, -0.05) is 23.8 Å². The molecule has 0 aromatic carbocycles. The van der Waals surface area contributed by atoms with Gasteiger partial charge in [-0.25, -0.2) is 4.98 Å². The Hall–Kier alpha value is -1.26. The lowest BCUT2D eigenvalue weighted by Crippen LogP contribution is -1.98. The number of hydrogen-bond donors (Lipinski definition) is 1. The van der Waals surface area contributed by atoms with E-state index in [9.17, 15) is 0 Å². The van der Waals surface area contributed by atoms with Gasteiger partial charge in [-0.05, 0) is 31.4 Å². The molecule has 1 aliphatic rings. The lowest BCUT2D eigenvalue weighted by Gasteiger charge is -2.06. The van der Waals surface area contributed by atoms with Gasteiger partial charge >= 0.3 is 0 Å². The average Bonchev–Trinajstić information content (AvgIpc) is 2.78. The van der Waals surface area contributed by atoms with E-state index < -0.39 is 0 Å². The molecule has 0 amide bonds. The van der Waals surface area contributed by atoms with E-state index in [0.29, 0.717) is 21.2 Å². The number of halogens is 1. The van der Waals surface area contributed by atoms with E-state index in [1.54, 1.807) is 18.3 Å². The maximum absolute atomic E-state index is 6.11. The molecular weight excluding hydrogens is 254 g/mol. The SMILES string of the molecule is S=c1nc(-c2ncccc2Cl)[nH]c2c1CCC2. The van der Waals surface area contributed by atoms with E-state index in [1.807, 2.05) is 0 Å². The summed E-state index contributed by atoms with van der Waals surface area (Å²) in [5.41, 5.74) is 3.02. The van der Waals surface area contributed by atoms with Crippen LogP contribution in [0.4, 0.5) is 0 Å². The standard InChI is InChI=1S/C12H10ClN3S/c13-8-4-2-6-14-10(8)11-15-9-5-1-3-7(9)12(17)16-11/h2,4,6H,1,3,5H2,(H,15,16,17). The molecule has 86 valence electrons. The summed E-state index contributed by atoms with van der Waals surface area (Å²) in [6.45, 7) is 0. The molecule has 0 unspecified atom stereocenters. The van der Waals surface area contributed by atoms with Crippen molar-refractivity contribution in [2.75, 3.05) is 0 Å². The summed E-state index contributed by atoms with van der Waals surface area (Å²) in [7, 11) is 0. The molecule has 3 nitrogen and oxygen atoms in total. The zero-order chi connectivity index (χ0) is 11.8. The van der Waals surface area contributed by atoms with Gasteiger partial charge in [0.1, 0.15) is 10.3 Å². The number of rotatable bonds is 1. The minimum Gasteiger partial charge on any atom is -0.342 e. The van der Waals surface area contributed by atoms with Crippen molar-refractivity contribution >= 4 is 23.8 Å². The van der Waals surface area contributed by atoms with E-state index in [0.717, 1.165) is 19.3 Å². The Morgan fingerprint density at radius 2 is 2.24 bits per heavy atom. The Morgan fingerprint density at radius 1 is 1.35 bits per heavy atom. The molecule has 3 rings (SSSR count). The monoisotopic (exact) mass is 263 g/mol. The predicted octanol–water partition coefficient (Wildman–Crippen LogP) is 3.34. The summed E-state index contributed by atoms with van der Waals surface area (Å²) in [5.74, 6) is 0.668. The number of aryl methyl sites for hydroxylation is 1. The number of nitrogens with zero attached hydrogens (tertiary/aromatic N) is 2. The number of nitrogens with one attached hydrogen (secondary N) is 1. The second-order valence-corrected chi connectivity index (χ2v) is 4.83. The molecule has 2 aromatic rings. The van der Waals surface area contributed by atoms with Crippen molar-refractivity contribution in [2.24, 2.45) is 0 Å². The normalized spacial score (nSPS) is 13.7. The first-order valence-electron chi connectivity index (χ1n) is 5.48. The van der Waals surface area contributed by atoms with Crippen LogP contribution in [0.25, 0.3) is 11.5 Å². The predicted molar refractivity (Wildman–Crippen MR) is 69.7 cm³/mol. The van der Waals surface area contributed by atoms with Crippen LogP contribution in [0, 0.1) is 4.64 Å². The van der Waals surface area contributed by atoms with Gasteiger partial charge in [0.15, 0.2) is 5.82 Å². The zero-order valence-electron chi connectivity index (χ0n) is 9.03. The molecule has 0 saturated carbocycles. The molecule has 1 aliphatic carbocycles. The fourth-order valence-corrected chi connectivity index (χ4v) is 2.66. The summed E-state index contributed by atoms with van der Waals surface area (Å²) in [6.07, 6.45) is 4.89. The van der Waals surface area contributed by atoms with Crippen molar-refractivity contribution < 1.29 is 0 Å². The molecule has 0 spiro atoms. The molecule has 0 fully saturated rings. The molecule has 0 bridgehead atoms. The second-order valence-electron chi connectivity index (χ2n) is 4.04. The highest BCUT2D eigenvalue weighted by Gasteiger charge is 2.16. The van der Waals surface area contributed by atoms with Gasteiger partial charge in [0.05, 0.1) is 5.02 Å². The van der Waals surface area contributed by atoms with Crippen molar-refractivity contribution in [3.63, 3.8) is 0 Å². The molecule has 0 saturated heterocycles. The molecule has 2 aromatic heterocycles. The highest BCUT2D eigenvalue weighted by molar-refractivity contribution is 7.71. The largest absolute Gasteiger partial charge is 0.342 e.